The SMILES string of the molecule is CNC(CC1CC1)c1cccc2c1OCC2. The predicted molar refractivity (Wildman–Crippen MR) is 64.8 cm³/mol. The van der Waals surface area contributed by atoms with Gasteiger partial charge in [0.05, 0.1) is 6.61 Å². The third kappa shape index (κ3) is 1.82. The van der Waals surface area contributed by atoms with Crippen LogP contribution in [0, 0.1) is 5.92 Å². The molecule has 0 aromatic heterocycles. The monoisotopic (exact) mass is 217 g/mol. The molecule has 0 spiro atoms. The standard InChI is InChI=1S/C14H19NO/c1-15-13(9-10-5-6-10)12-4-2-3-11-7-8-16-14(11)12/h2-4,10,13,15H,5-9H2,1H3. The Hall–Kier alpha value is -1.02. The van der Waals surface area contributed by atoms with Crippen LogP contribution >= 0.6 is 0 Å². The van der Waals surface area contributed by atoms with Gasteiger partial charge in [-0.05, 0) is 24.9 Å². The van der Waals surface area contributed by atoms with Gasteiger partial charge in [0.25, 0.3) is 0 Å². The van der Waals surface area contributed by atoms with Crippen LogP contribution in [0.1, 0.15) is 36.4 Å². The molecule has 2 nitrogen and oxygen atoms in total. The molecule has 2 aliphatic rings. The largest absolute Gasteiger partial charge is 0.493 e. The summed E-state index contributed by atoms with van der Waals surface area (Å²) in [5.41, 5.74) is 2.75. The molecule has 1 aliphatic heterocycles. The number of nitrogens with one attached hydrogen (secondary N) is 1. The molecule has 0 radical (unpaired) electrons. The third-order valence-corrected chi connectivity index (χ3v) is 3.73. The van der Waals surface area contributed by atoms with Gasteiger partial charge in [0.2, 0.25) is 0 Å². The van der Waals surface area contributed by atoms with Crippen molar-refractivity contribution in [2.45, 2.75) is 31.7 Å². The molecule has 1 heterocycles. The lowest BCUT2D eigenvalue weighted by atomic mass is 9.98. The summed E-state index contributed by atoms with van der Waals surface area (Å²) in [6.45, 7) is 0.853. The number of hydrogen-bond acceptors (Lipinski definition) is 2. The molecule has 0 saturated heterocycles. The van der Waals surface area contributed by atoms with E-state index < -0.39 is 0 Å². The van der Waals surface area contributed by atoms with Crippen molar-refractivity contribution in [2.75, 3.05) is 13.7 Å². The van der Waals surface area contributed by atoms with Gasteiger partial charge in [0.15, 0.2) is 0 Å². The molecule has 86 valence electrons. The first-order chi connectivity index (χ1) is 7.88. The minimum atomic E-state index is 0.473. The minimum absolute atomic E-state index is 0.473. The van der Waals surface area contributed by atoms with Gasteiger partial charge in [-0.1, -0.05) is 31.0 Å². The highest BCUT2D eigenvalue weighted by atomic mass is 16.5. The second-order valence-corrected chi connectivity index (χ2v) is 4.95. The van der Waals surface area contributed by atoms with Gasteiger partial charge in [-0.15, -0.1) is 0 Å². The van der Waals surface area contributed by atoms with E-state index in [0.29, 0.717) is 6.04 Å². The average molecular weight is 217 g/mol. The summed E-state index contributed by atoms with van der Waals surface area (Å²) in [6, 6.07) is 7.05. The van der Waals surface area contributed by atoms with Crippen molar-refractivity contribution in [1.29, 1.82) is 0 Å². The zero-order chi connectivity index (χ0) is 11.0. The highest BCUT2D eigenvalue weighted by Crippen LogP contribution is 2.41. The Morgan fingerprint density at radius 1 is 1.44 bits per heavy atom. The zero-order valence-corrected chi connectivity index (χ0v) is 9.83. The summed E-state index contributed by atoms with van der Waals surface area (Å²) in [4.78, 5) is 0. The second-order valence-electron chi connectivity index (χ2n) is 4.95. The first kappa shape index (κ1) is 10.2. The molecule has 1 atom stereocenters. The van der Waals surface area contributed by atoms with Crippen LogP contribution in [0.15, 0.2) is 18.2 Å². The van der Waals surface area contributed by atoms with E-state index >= 15 is 0 Å². The Bertz CT molecular complexity index is 384. The van der Waals surface area contributed by atoms with E-state index in [1.165, 1.54) is 30.4 Å². The van der Waals surface area contributed by atoms with Crippen molar-refractivity contribution in [1.82, 2.24) is 5.32 Å². The van der Waals surface area contributed by atoms with E-state index in [1.54, 1.807) is 0 Å². The van der Waals surface area contributed by atoms with Crippen LogP contribution in [0.2, 0.25) is 0 Å². The maximum absolute atomic E-state index is 5.77. The molecular weight excluding hydrogens is 198 g/mol. The topological polar surface area (TPSA) is 21.3 Å². The Morgan fingerprint density at radius 3 is 3.06 bits per heavy atom. The predicted octanol–water partition coefficient (Wildman–Crippen LogP) is 2.68. The van der Waals surface area contributed by atoms with Crippen molar-refractivity contribution in [3.05, 3.63) is 29.3 Å². The summed E-state index contributed by atoms with van der Waals surface area (Å²) in [5, 5.41) is 3.44. The molecule has 1 unspecified atom stereocenters. The van der Waals surface area contributed by atoms with E-state index in [4.69, 9.17) is 4.74 Å². The normalized spacial score (nSPS) is 20.3. The van der Waals surface area contributed by atoms with Crippen LogP contribution in [0.25, 0.3) is 0 Å². The first-order valence-corrected chi connectivity index (χ1v) is 6.30. The van der Waals surface area contributed by atoms with E-state index in [1.807, 2.05) is 0 Å². The summed E-state index contributed by atoms with van der Waals surface area (Å²) in [7, 11) is 2.06. The van der Waals surface area contributed by atoms with Crippen molar-refractivity contribution < 1.29 is 4.74 Å². The lowest BCUT2D eigenvalue weighted by molar-refractivity contribution is 0.347. The van der Waals surface area contributed by atoms with Crippen molar-refractivity contribution in [3.8, 4) is 5.75 Å². The van der Waals surface area contributed by atoms with Gasteiger partial charge in [-0.3, -0.25) is 0 Å². The van der Waals surface area contributed by atoms with Gasteiger partial charge in [-0.25, -0.2) is 0 Å². The molecule has 0 amide bonds. The highest BCUT2D eigenvalue weighted by molar-refractivity contribution is 5.45. The molecule has 16 heavy (non-hydrogen) atoms. The number of rotatable bonds is 4. The molecule has 1 aromatic carbocycles. The lowest BCUT2D eigenvalue weighted by Gasteiger charge is -2.19. The second kappa shape index (κ2) is 4.10. The van der Waals surface area contributed by atoms with Crippen molar-refractivity contribution >= 4 is 0 Å². The first-order valence-electron chi connectivity index (χ1n) is 6.30. The van der Waals surface area contributed by atoms with E-state index in [-0.39, 0.29) is 0 Å². The fourth-order valence-electron chi connectivity index (χ4n) is 2.60. The van der Waals surface area contributed by atoms with Gasteiger partial charge >= 0.3 is 0 Å². The van der Waals surface area contributed by atoms with Crippen LogP contribution in [0.5, 0.6) is 5.75 Å². The van der Waals surface area contributed by atoms with E-state index in [2.05, 4.69) is 30.6 Å². The van der Waals surface area contributed by atoms with Crippen molar-refractivity contribution in [2.24, 2.45) is 5.92 Å². The number of hydrogen-bond donors (Lipinski definition) is 1. The van der Waals surface area contributed by atoms with Gasteiger partial charge < -0.3 is 10.1 Å². The molecule has 1 aromatic rings. The Balaban J connectivity index is 1.88. The number of benzene rings is 1. The summed E-state index contributed by atoms with van der Waals surface area (Å²) in [6.07, 6.45) is 5.15. The molecular formula is C14H19NO. The fraction of sp³-hybridized carbons (Fsp3) is 0.571. The molecule has 1 N–H and O–H groups in total. The fourth-order valence-corrected chi connectivity index (χ4v) is 2.60. The van der Waals surface area contributed by atoms with E-state index in [9.17, 15) is 0 Å². The van der Waals surface area contributed by atoms with Crippen LogP contribution in [-0.2, 0) is 6.42 Å². The zero-order valence-electron chi connectivity index (χ0n) is 9.83. The maximum atomic E-state index is 5.77. The third-order valence-electron chi connectivity index (χ3n) is 3.73. The quantitative estimate of drug-likeness (QED) is 0.837. The Labute approximate surface area is 97.0 Å². The van der Waals surface area contributed by atoms with Crippen LogP contribution in [-0.4, -0.2) is 13.7 Å². The number of para-hydroxylation sites is 1. The molecule has 1 aliphatic carbocycles. The minimum Gasteiger partial charge on any atom is -0.493 e. The van der Waals surface area contributed by atoms with Crippen LogP contribution in [0.3, 0.4) is 0 Å². The van der Waals surface area contributed by atoms with E-state index in [0.717, 1.165) is 24.7 Å². The van der Waals surface area contributed by atoms with Gasteiger partial charge in [-0.2, -0.15) is 0 Å². The maximum Gasteiger partial charge on any atom is 0.127 e. The Morgan fingerprint density at radius 2 is 2.31 bits per heavy atom. The molecule has 2 heteroatoms. The molecule has 3 rings (SSSR count). The molecule has 1 fully saturated rings. The number of fused-ring (bicyclic) bond motifs is 1. The molecule has 1 saturated carbocycles. The lowest BCUT2D eigenvalue weighted by Crippen LogP contribution is -2.17. The average Bonchev–Trinajstić information content (AvgIpc) is 3.00. The summed E-state index contributed by atoms with van der Waals surface area (Å²) >= 11 is 0. The number of ether oxygens (including phenoxy) is 1. The smallest absolute Gasteiger partial charge is 0.127 e. The summed E-state index contributed by atoms with van der Waals surface area (Å²) in [5.74, 6) is 2.09. The summed E-state index contributed by atoms with van der Waals surface area (Å²) < 4.78 is 5.77. The Kier molecular flexibility index (Phi) is 2.60. The molecule has 0 bridgehead atoms. The van der Waals surface area contributed by atoms with Crippen LogP contribution in [0.4, 0.5) is 0 Å². The highest BCUT2D eigenvalue weighted by Gasteiger charge is 2.28. The van der Waals surface area contributed by atoms with Gasteiger partial charge in [0.1, 0.15) is 5.75 Å². The van der Waals surface area contributed by atoms with Crippen LogP contribution < -0.4 is 10.1 Å². The van der Waals surface area contributed by atoms with Crippen molar-refractivity contribution in [3.63, 3.8) is 0 Å². The van der Waals surface area contributed by atoms with Gasteiger partial charge in [0, 0.05) is 18.0 Å².